The lowest BCUT2D eigenvalue weighted by Gasteiger charge is -2.14. The van der Waals surface area contributed by atoms with Crippen molar-refractivity contribution >= 4 is 17.6 Å². The lowest BCUT2D eigenvalue weighted by Crippen LogP contribution is -2.19. The first-order chi connectivity index (χ1) is 15.4. The molecule has 1 fully saturated rings. The summed E-state index contributed by atoms with van der Waals surface area (Å²) in [5, 5.41) is 9.58. The maximum Gasteiger partial charge on any atom is 0.341 e. The summed E-state index contributed by atoms with van der Waals surface area (Å²) in [5.41, 5.74) is 0.424. The third-order valence-electron chi connectivity index (χ3n) is 4.43. The van der Waals surface area contributed by atoms with Crippen molar-refractivity contribution in [3.05, 3.63) is 45.2 Å². The first kappa shape index (κ1) is 27.6. The summed E-state index contributed by atoms with van der Waals surface area (Å²) in [6.07, 6.45) is 4.96. The maximum absolute atomic E-state index is 12.1. The van der Waals surface area contributed by atoms with Crippen molar-refractivity contribution in [2.75, 3.05) is 13.2 Å². The van der Waals surface area contributed by atoms with E-state index in [0.29, 0.717) is 53.5 Å². The fourth-order valence-electron chi connectivity index (χ4n) is 2.86. The van der Waals surface area contributed by atoms with Gasteiger partial charge in [0.05, 0.1) is 23.9 Å². The van der Waals surface area contributed by atoms with Gasteiger partial charge in [0.2, 0.25) is 0 Å². The fraction of sp³-hybridized carbons (Fsp3) is 0.520. The molecule has 7 heteroatoms. The Bertz CT molecular complexity index is 935. The van der Waals surface area contributed by atoms with Gasteiger partial charge in [0.25, 0.3) is 0 Å². The van der Waals surface area contributed by atoms with Crippen molar-refractivity contribution in [2.24, 2.45) is 5.92 Å². The summed E-state index contributed by atoms with van der Waals surface area (Å²) in [6.45, 7) is 13.7. The van der Waals surface area contributed by atoms with Gasteiger partial charge >= 0.3 is 5.97 Å². The number of nitrogens with zero attached hydrogens (tertiary/aromatic N) is 1. The van der Waals surface area contributed by atoms with Crippen molar-refractivity contribution in [3.63, 3.8) is 0 Å². The molecule has 0 atom stereocenters. The quantitative estimate of drug-likeness (QED) is 0.556. The van der Waals surface area contributed by atoms with Crippen LogP contribution in [-0.4, -0.2) is 28.9 Å². The summed E-state index contributed by atoms with van der Waals surface area (Å²) in [4.78, 5) is 23.3. The summed E-state index contributed by atoms with van der Waals surface area (Å²) >= 11 is 6.34. The maximum atomic E-state index is 12.1. The number of halogens is 1. The van der Waals surface area contributed by atoms with E-state index >= 15 is 0 Å². The number of ether oxygens (including phenoxy) is 2. The molecule has 4 rings (SSSR count). The molecule has 1 aromatic carbocycles. The van der Waals surface area contributed by atoms with E-state index in [4.69, 9.17) is 26.2 Å². The van der Waals surface area contributed by atoms with E-state index in [1.807, 2.05) is 27.7 Å². The SMILES string of the molecule is CC.CC.CCC.O=C(O)c1cn2c(cc1=O)-c1cc(Cl)c(OCC3CC3)cc1OCC2. The normalized spacial score (nSPS) is 13.1. The number of pyridine rings is 1. The number of hydrogen-bond acceptors (Lipinski definition) is 4. The number of carbonyl (C=O) groups is 1. The highest BCUT2D eigenvalue weighted by atomic mass is 35.5. The second-order valence-corrected chi connectivity index (χ2v) is 7.43. The highest BCUT2D eigenvalue weighted by Gasteiger charge is 2.24. The molecule has 6 nitrogen and oxygen atoms in total. The minimum Gasteiger partial charge on any atom is -0.492 e. The van der Waals surface area contributed by atoms with Gasteiger partial charge in [-0.1, -0.05) is 59.6 Å². The van der Waals surface area contributed by atoms with Gasteiger partial charge in [0.1, 0.15) is 23.7 Å². The molecule has 32 heavy (non-hydrogen) atoms. The topological polar surface area (TPSA) is 77.8 Å². The molecule has 2 aromatic rings. The molecular formula is C25H36ClNO5. The van der Waals surface area contributed by atoms with Crippen molar-refractivity contribution < 1.29 is 19.4 Å². The number of fused-ring (bicyclic) bond motifs is 3. The van der Waals surface area contributed by atoms with Crippen LogP contribution in [0.15, 0.2) is 29.2 Å². The van der Waals surface area contributed by atoms with E-state index in [9.17, 15) is 9.59 Å². The minimum absolute atomic E-state index is 0.261. The molecule has 1 aliphatic heterocycles. The van der Waals surface area contributed by atoms with E-state index in [0.717, 1.165) is 0 Å². The molecule has 178 valence electrons. The summed E-state index contributed by atoms with van der Waals surface area (Å²) in [6, 6.07) is 4.76. The smallest absolute Gasteiger partial charge is 0.341 e. The molecule has 0 bridgehead atoms. The lowest BCUT2D eigenvalue weighted by atomic mass is 10.1. The van der Waals surface area contributed by atoms with Gasteiger partial charge in [-0.25, -0.2) is 4.79 Å². The monoisotopic (exact) mass is 465 g/mol. The van der Waals surface area contributed by atoms with Gasteiger partial charge in [-0.15, -0.1) is 0 Å². The molecule has 0 amide bonds. The zero-order chi connectivity index (χ0) is 24.3. The van der Waals surface area contributed by atoms with E-state index in [1.54, 1.807) is 16.7 Å². The van der Waals surface area contributed by atoms with Crippen LogP contribution >= 0.6 is 11.6 Å². The first-order valence-electron chi connectivity index (χ1n) is 11.5. The Morgan fingerprint density at radius 3 is 2.38 bits per heavy atom. The van der Waals surface area contributed by atoms with Crippen molar-refractivity contribution in [3.8, 4) is 22.8 Å². The third-order valence-corrected chi connectivity index (χ3v) is 4.72. The second-order valence-electron chi connectivity index (χ2n) is 7.02. The number of rotatable bonds is 4. The van der Waals surface area contributed by atoms with E-state index in [2.05, 4.69) is 13.8 Å². The minimum atomic E-state index is -1.24. The largest absolute Gasteiger partial charge is 0.492 e. The Kier molecular flexibility index (Phi) is 11.9. The average Bonchev–Trinajstić information content (AvgIpc) is 3.63. The standard InChI is InChI=1S/C18H16ClNO5.C3H8.2C2H6/c19-13-5-11-14-6-15(21)12(18(22)23)8-20(14)3-4-24-16(11)7-17(13)25-9-10-1-2-10;1-3-2;2*1-2/h5-8,10H,1-4,9H2,(H,22,23);3H2,1-2H3;2*1-2H3. The summed E-state index contributed by atoms with van der Waals surface area (Å²) in [5.74, 6) is 0.492. The van der Waals surface area contributed by atoms with Gasteiger partial charge < -0.3 is 19.1 Å². The molecule has 1 aromatic heterocycles. The Hall–Kier alpha value is -2.47. The third kappa shape index (κ3) is 7.30. The average molecular weight is 466 g/mol. The number of benzene rings is 1. The second kappa shape index (κ2) is 13.8. The molecule has 2 aliphatic rings. The van der Waals surface area contributed by atoms with Gasteiger partial charge in [-0.3, -0.25) is 4.79 Å². The highest BCUT2D eigenvalue weighted by molar-refractivity contribution is 6.32. The number of carboxylic acids is 1. The molecule has 0 radical (unpaired) electrons. The number of carboxylic acid groups (broad SMARTS) is 1. The molecule has 1 saturated carbocycles. The van der Waals surface area contributed by atoms with Gasteiger partial charge in [-0.05, 0) is 24.8 Å². The van der Waals surface area contributed by atoms with Crippen LogP contribution in [0.3, 0.4) is 0 Å². The molecule has 1 aliphatic carbocycles. The van der Waals surface area contributed by atoms with Crippen molar-refractivity contribution in [1.29, 1.82) is 0 Å². The lowest BCUT2D eigenvalue weighted by molar-refractivity contribution is 0.0694. The van der Waals surface area contributed by atoms with E-state index in [1.165, 1.54) is 31.5 Å². The number of hydrogen-bond donors (Lipinski definition) is 1. The molecule has 0 spiro atoms. The predicted molar refractivity (Wildman–Crippen MR) is 130 cm³/mol. The molecule has 1 N–H and O–H groups in total. The van der Waals surface area contributed by atoms with Crippen molar-refractivity contribution in [2.45, 2.75) is 67.3 Å². The fourth-order valence-corrected chi connectivity index (χ4v) is 3.08. The van der Waals surface area contributed by atoms with Crippen LogP contribution < -0.4 is 14.9 Å². The van der Waals surface area contributed by atoms with Crippen LogP contribution in [0.2, 0.25) is 5.02 Å². The zero-order valence-electron chi connectivity index (χ0n) is 20.0. The molecule has 2 heterocycles. The van der Waals surface area contributed by atoms with Crippen LogP contribution in [0, 0.1) is 5.92 Å². The Labute approximate surface area is 196 Å². The van der Waals surface area contributed by atoms with Crippen LogP contribution in [-0.2, 0) is 6.54 Å². The predicted octanol–water partition coefficient (Wildman–Crippen LogP) is 6.52. The molecule has 0 unspecified atom stereocenters. The Balaban J connectivity index is 0.000000662. The zero-order valence-corrected chi connectivity index (χ0v) is 20.8. The van der Waals surface area contributed by atoms with Gasteiger partial charge in [0, 0.05) is 23.9 Å². The van der Waals surface area contributed by atoms with Crippen LogP contribution in [0.4, 0.5) is 0 Å². The van der Waals surface area contributed by atoms with Gasteiger partial charge in [0.15, 0.2) is 5.43 Å². The first-order valence-corrected chi connectivity index (χ1v) is 11.9. The number of aromatic carboxylic acids is 1. The summed E-state index contributed by atoms with van der Waals surface area (Å²) < 4.78 is 13.3. The molecule has 0 saturated heterocycles. The van der Waals surface area contributed by atoms with Crippen LogP contribution in [0.25, 0.3) is 11.3 Å². The number of aromatic nitrogens is 1. The van der Waals surface area contributed by atoms with Crippen LogP contribution in [0.5, 0.6) is 11.5 Å². The molecular weight excluding hydrogens is 430 g/mol. The van der Waals surface area contributed by atoms with Crippen molar-refractivity contribution in [1.82, 2.24) is 4.57 Å². The Morgan fingerprint density at radius 1 is 1.19 bits per heavy atom. The Morgan fingerprint density at radius 2 is 1.81 bits per heavy atom. The van der Waals surface area contributed by atoms with Gasteiger partial charge in [-0.2, -0.15) is 0 Å². The summed E-state index contributed by atoms with van der Waals surface area (Å²) in [7, 11) is 0. The highest BCUT2D eigenvalue weighted by Crippen LogP contribution is 2.40. The van der Waals surface area contributed by atoms with Crippen LogP contribution in [0.1, 0.15) is 71.2 Å². The van der Waals surface area contributed by atoms with E-state index in [-0.39, 0.29) is 5.56 Å². The van der Waals surface area contributed by atoms with E-state index < -0.39 is 11.4 Å².